The highest BCUT2D eigenvalue weighted by Crippen LogP contribution is 2.12. The van der Waals surface area contributed by atoms with E-state index in [1.165, 1.54) is 6.92 Å². The highest BCUT2D eigenvalue weighted by molar-refractivity contribution is 5.72. The summed E-state index contributed by atoms with van der Waals surface area (Å²) in [4.78, 5) is 10.6. The normalized spacial score (nSPS) is 21.8. The molecule has 1 saturated heterocycles. The molecular weight excluding hydrogens is 172 g/mol. The summed E-state index contributed by atoms with van der Waals surface area (Å²) in [5.74, 6) is -0.985. The molecule has 76 valence electrons. The third-order valence-electron chi connectivity index (χ3n) is 2.44. The van der Waals surface area contributed by atoms with Gasteiger partial charge in [-0.1, -0.05) is 0 Å². The summed E-state index contributed by atoms with van der Waals surface area (Å²) in [6, 6.07) is -0.838. The molecule has 0 aliphatic carbocycles. The minimum atomic E-state index is -0.985. The lowest BCUT2D eigenvalue weighted by Crippen LogP contribution is -2.47. The fourth-order valence-electron chi connectivity index (χ4n) is 1.50. The molecule has 0 bridgehead atoms. The quantitative estimate of drug-likeness (QED) is 0.539. The largest absolute Gasteiger partial charge is 0.480 e. The van der Waals surface area contributed by atoms with E-state index in [9.17, 15) is 10.0 Å². The summed E-state index contributed by atoms with van der Waals surface area (Å²) < 4.78 is 0. The predicted molar refractivity (Wildman–Crippen MR) is 46.6 cm³/mol. The van der Waals surface area contributed by atoms with Crippen LogP contribution < -0.4 is 5.32 Å². The number of nitrogens with zero attached hydrogens (tertiary/aromatic N) is 1. The van der Waals surface area contributed by atoms with Gasteiger partial charge in [-0.25, -0.2) is 0 Å². The molecule has 0 aromatic heterocycles. The first-order valence-corrected chi connectivity index (χ1v) is 4.53. The molecule has 5 nitrogen and oxygen atoms in total. The van der Waals surface area contributed by atoms with Crippen LogP contribution in [0.5, 0.6) is 0 Å². The van der Waals surface area contributed by atoms with E-state index in [4.69, 9.17) is 5.11 Å². The second kappa shape index (κ2) is 4.55. The van der Waals surface area contributed by atoms with E-state index in [1.54, 1.807) is 0 Å². The van der Waals surface area contributed by atoms with Gasteiger partial charge < -0.3 is 15.6 Å². The van der Waals surface area contributed by atoms with Gasteiger partial charge in [0.05, 0.1) is 0 Å². The molecule has 5 heteroatoms. The van der Waals surface area contributed by atoms with E-state index in [-0.39, 0.29) is 6.04 Å². The first-order chi connectivity index (χ1) is 6.13. The Morgan fingerprint density at radius 3 is 2.54 bits per heavy atom. The van der Waals surface area contributed by atoms with Crippen molar-refractivity contribution in [2.24, 2.45) is 0 Å². The van der Waals surface area contributed by atoms with E-state index in [0.717, 1.165) is 31.0 Å². The van der Waals surface area contributed by atoms with Gasteiger partial charge in [-0.3, -0.25) is 4.79 Å². The Hall–Kier alpha value is -0.650. The Bertz CT molecular complexity index is 180. The van der Waals surface area contributed by atoms with Crippen LogP contribution >= 0.6 is 0 Å². The second-order valence-corrected chi connectivity index (χ2v) is 3.38. The van der Waals surface area contributed by atoms with E-state index in [0.29, 0.717) is 0 Å². The zero-order chi connectivity index (χ0) is 9.84. The van der Waals surface area contributed by atoms with Crippen molar-refractivity contribution in [1.82, 2.24) is 10.4 Å². The first kappa shape index (κ1) is 10.4. The summed E-state index contributed by atoms with van der Waals surface area (Å²) in [7, 11) is 0. The summed E-state index contributed by atoms with van der Waals surface area (Å²) in [6.45, 7) is 3.17. The lowest BCUT2D eigenvalue weighted by molar-refractivity contribution is -0.183. The van der Waals surface area contributed by atoms with E-state index >= 15 is 0 Å². The minimum absolute atomic E-state index is 0.0210. The van der Waals surface area contributed by atoms with Crippen molar-refractivity contribution in [2.45, 2.75) is 31.8 Å². The zero-order valence-electron chi connectivity index (χ0n) is 7.73. The van der Waals surface area contributed by atoms with Crippen LogP contribution in [0.1, 0.15) is 19.8 Å². The molecule has 1 fully saturated rings. The van der Waals surface area contributed by atoms with Crippen LogP contribution in [-0.2, 0) is 4.79 Å². The molecule has 1 aliphatic heterocycles. The van der Waals surface area contributed by atoms with Gasteiger partial charge in [0.1, 0.15) is 6.04 Å². The topological polar surface area (TPSA) is 72.8 Å². The van der Waals surface area contributed by atoms with Crippen LogP contribution in [0, 0.1) is 0 Å². The zero-order valence-corrected chi connectivity index (χ0v) is 7.73. The average Bonchev–Trinajstić information content (AvgIpc) is 2.17. The summed E-state index contributed by atoms with van der Waals surface area (Å²) in [5, 5.41) is 22.3. The van der Waals surface area contributed by atoms with Crippen molar-refractivity contribution in [3.63, 3.8) is 0 Å². The van der Waals surface area contributed by atoms with Gasteiger partial charge in [0, 0.05) is 6.04 Å². The van der Waals surface area contributed by atoms with Crippen molar-refractivity contribution in [1.29, 1.82) is 0 Å². The van der Waals surface area contributed by atoms with E-state index in [2.05, 4.69) is 5.32 Å². The van der Waals surface area contributed by atoms with Gasteiger partial charge >= 0.3 is 5.97 Å². The lowest BCUT2D eigenvalue weighted by atomic mass is 10.1. The van der Waals surface area contributed by atoms with Crippen LogP contribution in [0.25, 0.3) is 0 Å². The molecule has 1 aliphatic rings. The van der Waals surface area contributed by atoms with Crippen LogP contribution in [0.2, 0.25) is 0 Å². The number of piperidine rings is 1. The molecule has 0 saturated carbocycles. The van der Waals surface area contributed by atoms with Gasteiger partial charge in [0.2, 0.25) is 0 Å². The van der Waals surface area contributed by atoms with Crippen molar-refractivity contribution in [3.8, 4) is 0 Å². The van der Waals surface area contributed by atoms with Gasteiger partial charge in [-0.05, 0) is 32.9 Å². The van der Waals surface area contributed by atoms with Gasteiger partial charge in [-0.15, -0.1) is 0 Å². The number of hydrogen-bond acceptors (Lipinski definition) is 4. The maximum Gasteiger partial charge on any atom is 0.323 e. The Morgan fingerprint density at radius 1 is 1.54 bits per heavy atom. The number of carboxylic acids is 1. The fraction of sp³-hybridized carbons (Fsp3) is 0.875. The second-order valence-electron chi connectivity index (χ2n) is 3.38. The molecule has 1 heterocycles. The number of rotatable bonds is 3. The first-order valence-electron chi connectivity index (χ1n) is 4.53. The van der Waals surface area contributed by atoms with E-state index in [1.807, 2.05) is 0 Å². The Kier molecular flexibility index (Phi) is 3.65. The van der Waals surface area contributed by atoms with Crippen molar-refractivity contribution in [2.75, 3.05) is 13.1 Å². The Balaban J connectivity index is 2.44. The standard InChI is InChI=1S/C8H16N2O3/c1-6(8(11)12)10(13)7-2-4-9-5-3-7/h6-7,9,13H,2-5H2,1H3,(H,11,12)/t6-/m0/s1. The summed E-state index contributed by atoms with van der Waals surface area (Å²) >= 11 is 0. The van der Waals surface area contributed by atoms with Gasteiger partial charge in [0.15, 0.2) is 0 Å². The molecule has 0 amide bonds. The van der Waals surface area contributed by atoms with Crippen LogP contribution in [0.4, 0.5) is 0 Å². The number of carbonyl (C=O) groups is 1. The third-order valence-corrected chi connectivity index (χ3v) is 2.44. The lowest BCUT2D eigenvalue weighted by Gasteiger charge is -2.31. The number of aliphatic carboxylic acids is 1. The molecule has 3 N–H and O–H groups in total. The highest BCUT2D eigenvalue weighted by atomic mass is 16.5. The number of carboxylic acid groups (broad SMARTS) is 1. The van der Waals surface area contributed by atoms with Crippen LogP contribution in [0.3, 0.4) is 0 Å². The van der Waals surface area contributed by atoms with Crippen molar-refractivity contribution < 1.29 is 15.1 Å². The van der Waals surface area contributed by atoms with Gasteiger partial charge in [0.25, 0.3) is 0 Å². The molecule has 0 aromatic carbocycles. The number of hydrogen-bond donors (Lipinski definition) is 3. The van der Waals surface area contributed by atoms with E-state index < -0.39 is 12.0 Å². The van der Waals surface area contributed by atoms with Crippen LogP contribution in [0.15, 0.2) is 0 Å². The molecule has 13 heavy (non-hydrogen) atoms. The predicted octanol–water partition coefficient (Wildman–Crippen LogP) is -0.0973. The minimum Gasteiger partial charge on any atom is -0.480 e. The maximum absolute atomic E-state index is 10.6. The molecule has 0 spiro atoms. The molecule has 0 radical (unpaired) electrons. The summed E-state index contributed by atoms with van der Waals surface area (Å²) in [5.41, 5.74) is 0. The SMILES string of the molecule is C[C@@H](C(=O)O)N(O)C1CCNCC1. The monoisotopic (exact) mass is 188 g/mol. The fourth-order valence-corrected chi connectivity index (χ4v) is 1.50. The number of nitrogens with one attached hydrogen (secondary N) is 1. The van der Waals surface area contributed by atoms with Crippen molar-refractivity contribution in [3.05, 3.63) is 0 Å². The molecule has 0 aromatic rings. The maximum atomic E-state index is 10.6. The van der Waals surface area contributed by atoms with Crippen LogP contribution in [-0.4, -0.2) is 46.5 Å². The average molecular weight is 188 g/mol. The molecule has 0 unspecified atom stereocenters. The number of hydroxylamine groups is 2. The summed E-state index contributed by atoms with van der Waals surface area (Å²) in [6.07, 6.45) is 1.60. The highest BCUT2D eigenvalue weighted by Gasteiger charge is 2.27. The molecule has 1 rings (SSSR count). The Morgan fingerprint density at radius 2 is 2.08 bits per heavy atom. The van der Waals surface area contributed by atoms with Gasteiger partial charge in [-0.2, -0.15) is 5.06 Å². The molecule has 1 atom stereocenters. The Labute approximate surface area is 77.3 Å². The smallest absolute Gasteiger partial charge is 0.323 e. The molecular formula is C8H16N2O3. The van der Waals surface area contributed by atoms with Crippen molar-refractivity contribution >= 4 is 5.97 Å². The third kappa shape index (κ3) is 2.65.